The molecule has 0 unspecified atom stereocenters. The molecule has 1 heterocycles. The monoisotopic (exact) mass is 233 g/mol. The number of ketones is 1. The number of carbonyl (C=O) groups excluding carboxylic acids is 2. The van der Waals surface area contributed by atoms with Crippen molar-refractivity contribution in [2.75, 3.05) is 6.61 Å². The molecule has 0 saturated heterocycles. The Labute approximate surface area is 100 Å². The molecule has 17 heavy (non-hydrogen) atoms. The van der Waals surface area contributed by atoms with Gasteiger partial charge in [0.2, 0.25) is 0 Å². The van der Waals surface area contributed by atoms with Crippen molar-refractivity contribution < 1.29 is 14.3 Å². The summed E-state index contributed by atoms with van der Waals surface area (Å²) in [4.78, 5) is 27.8. The third-order valence-electron chi connectivity index (χ3n) is 2.84. The van der Waals surface area contributed by atoms with Crippen LogP contribution in [-0.4, -0.2) is 23.3 Å². The molecule has 0 amide bonds. The number of pyridine rings is 1. The van der Waals surface area contributed by atoms with E-state index in [0.29, 0.717) is 30.0 Å². The van der Waals surface area contributed by atoms with Crippen LogP contribution in [0.25, 0.3) is 0 Å². The number of fused-ring (bicyclic) bond motifs is 1. The van der Waals surface area contributed by atoms with Crippen LogP contribution in [0.2, 0.25) is 0 Å². The van der Waals surface area contributed by atoms with Crippen LogP contribution in [0, 0.1) is 6.92 Å². The van der Waals surface area contributed by atoms with Crippen molar-refractivity contribution in [3.63, 3.8) is 0 Å². The van der Waals surface area contributed by atoms with Crippen molar-refractivity contribution in [2.45, 2.75) is 33.1 Å². The normalized spacial score (nSPS) is 14.4. The van der Waals surface area contributed by atoms with Gasteiger partial charge in [0.15, 0.2) is 5.78 Å². The van der Waals surface area contributed by atoms with Gasteiger partial charge in [-0.15, -0.1) is 0 Å². The largest absolute Gasteiger partial charge is 0.462 e. The summed E-state index contributed by atoms with van der Waals surface area (Å²) in [6.45, 7) is 3.89. The van der Waals surface area contributed by atoms with Crippen LogP contribution in [0.3, 0.4) is 0 Å². The Morgan fingerprint density at radius 1 is 1.47 bits per heavy atom. The molecule has 0 spiro atoms. The zero-order valence-corrected chi connectivity index (χ0v) is 10.1. The van der Waals surface area contributed by atoms with E-state index in [-0.39, 0.29) is 11.8 Å². The van der Waals surface area contributed by atoms with Gasteiger partial charge < -0.3 is 4.74 Å². The fourth-order valence-electron chi connectivity index (χ4n) is 2.12. The van der Waals surface area contributed by atoms with E-state index in [4.69, 9.17) is 4.74 Å². The summed E-state index contributed by atoms with van der Waals surface area (Å²) in [5.74, 6) is -0.329. The lowest BCUT2D eigenvalue weighted by Crippen LogP contribution is -2.19. The quantitative estimate of drug-likeness (QED) is 0.734. The molecule has 1 aromatic rings. The molecule has 0 radical (unpaired) electrons. The second kappa shape index (κ2) is 4.65. The van der Waals surface area contributed by atoms with E-state index in [1.54, 1.807) is 19.9 Å². The average Bonchev–Trinajstić information content (AvgIpc) is 2.30. The number of aryl methyl sites for hydroxylation is 1. The molecule has 4 heteroatoms. The number of rotatable bonds is 2. The van der Waals surface area contributed by atoms with E-state index in [9.17, 15) is 9.59 Å². The van der Waals surface area contributed by atoms with Crippen molar-refractivity contribution in [3.05, 3.63) is 28.6 Å². The molecule has 1 aliphatic rings. The van der Waals surface area contributed by atoms with Gasteiger partial charge in [-0.05, 0) is 38.3 Å². The predicted octanol–water partition coefficient (Wildman–Crippen LogP) is 2.09. The minimum absolute atomic E-state index is 0.0282. The van der Waals surface area contributed by atoms with E-state index in [1.807, 2.05) is 0 Å². The molecule has 2 rings (SSSR count). The highest BCUT2D eigenvalue weighted by atomic mass is 16.5. The zero-order valence-electron chi connectivity index (χ0n) is 10.1. The van der Waals surface area contributed by atoms with Crippen molar-refractivity contribution in [1.82, 2.24) is 4.98 Å². The highest BCUT2D eigenvalue weighted by Gasteiger charge is 2.25. The Kier molecular flexibility index (Phi) is 3.22. The number of hydrogen-bond donors (Lipinski definition) is 0. The molecule has 1 aliphatic carbocycles. The van der Waals surface area contributed by atoms with E-state index in [0.717, 1.165) is 18.4 Å². The van der Waals surface area contributed by atoms with Crippen LogP contribution in [-0.2, 0) is 11.2 Å². The average molecular weight is 233 g/mol. The molecule has 0 N–H and O–H groups in total. The molecule has 0 fully saturated rings. The molecule has 1 aromatic heterocycles. The van der Waals surface area contributed by atoms with Crippen molar-refractivity contribution in [3.8, 4) is 0 Å². The van der Waals surface area contributed by atoms with Crippen LogP contribution >= 0.6 is 0 Å². The number of ether oxygens (including phenoxy) is 1. The van der Waals surface area contributed by atoms with Gasteiger partial charge in [0, 0.05) is 12.1 Å². The van der Waals surface area contributed by atoms with Crippen LogP contribution in [0.15, 0.2) is 6.07 Å². The first-order valence-corrected chi connectivity index (χ1v) is 5.84. The summed E-state index contributed by atoms with van der Waals surface area (Å²) in [6, 6.07) is 1.70. The molecule has 0 saturated carbocycles. The van der Waals surface area contributed by atoms with Crippen LogP contribution in [0.5, 0.6) is 0 Å². The lowest BCUT2D eigenvalue weighted by Gasteiger charge is -2.17. The van der Waals surface area contributed by atoms with Gasteiger partial charge >= 0.3 is 5.97 Å². The molecular weight excluding hydrogens is 218 g/mol. The third kappa shape index (κ3) is 2.20. The zero-order chi connectivity index (χ0) is 12.4. The van der Waals surface area contributed by atoms with Crippen LogP contribution in [0.4, 0.5) is 0 Å². The predicted molar refractivity (Wildman–Crippen MR) is 62.2 cm³/mol. The molecular formula is C13H15NO3. The van der Waals surface area contributed by atoms with Gasteiger partial charge in [0.25, 0.3) is 0 Å². The Morgan fingerprint density at radius 2 is 2.24 bits per heavy atom. The SMILES string of the molecule is CCOC(=O)c1cc(C)nc2c1CCCC2=O. The fourth-order valence-corrected chi connectivity index (χ4v) is 2.12. The smallest absolute Gasteiger partial charge is 0.338 e. The second-order valence-electron chi connectivity index (χ2n) is 4.14. The Morgan fingerprint density at radius 3 is 2.94 bits per heavy atom. The van der Waals surface area contributed by atoms with Crippen molar-refractivity contribution in [1.29, 1.82) is 0 Å². The maximum absolute atomic E-state index is 11.8. The number of hydrogen-bond acceptors (Lipinski definition) is 4. The minimum Gasteiger partial charge on any atom is -0.462 e. The third-order valence-corrected chi connectivity index (χ3v) is 2.84. The van der Waals surface area contributed by atoms with Crippen LogP contribution in [0.1, 0.15) is 51.9 Å². The summed E-state index contributed by atoms with van der Waals surface area (Å²) < 4.78 is 5.01. The molecule has 0 bridgehead atoms. The first-order chi connectivity index (χ1) is 8.13. The molecule has 4 nitrogen and oxygen atoms in total. The minimum atomic E-state index is -0.357. The van der Waals surface area contributed by atoms with Gasteiger partial charge in [-0.2, -0.15) is 0 Å². The molecule has 0 aliphatic heterocycles. The Balaban J connectivity index is 2.52. The van der Waals surface area contributed by atoms with Crippen molar-refractivity contribution >= 4 is 11.8 Å². The van der Waals surface area contributed by atoms with E-state index in [1.165, 1.54) is 0 Å². The molecule has 90 valence electrons. The highest BCUT2D eigenvalue weighted by molar-refractivity contribution is 6.01. The van der Waals surface area contributed by atoms with Gasteiger partial charge in [-0.25, -0.2) is 9.78 Å². The van der Waals surface area contributed by atoms with Gasteiger partial charge in [-0.1, -0.05) is 0 Å². The van der Waals surface area contributed by atoms with E-state index < -0.39 is 0 Å². The van der Waals surface area contributed by atoms with Gasteiger partial charge in [0.1, 0.15) is 5.69 Å². The first-order valence-electron chi connectivity index (χ1n) is 5.84. The fraction of sp³-hybridized carbons (Fsp3) is 0.462. The molecule has 0 atom stereocenters. The maximum atomic E-state index is 11.8. The van der Waals surface area contributed by atoms with Gasteiger partial charge in [0.05, 0.1) is 12.2 Å². The number of aromatic nitrogens is 1. The van der Waals surface area contributed by atoms with Crippen molar-refractivity contribution in [2.24, 2.45) is 0 Å². The number of Topliss-reactive ketones (excluding diaryl/α,β-unsaturated/α-hetero) is 1. The Bertz CT molecular complexity index is 480. The first kappa shape index (κ1) is 11.8. The summed E-state index contributed by atoms with van der Waals surface area (Å²) in [5.41, 5.74) is 2.40. The van der Waals surface area contributed by atoms with Gasteiger partial charge in [-0.3, -0.25) is 4.79 Å². The van der Waals surface area contributed by atoms with E-state index in [2.05, 4.69) is 4.98 Å². The summed E-state index contributed by atoms with van der Waals surface area (Å²) in [7, 11) is 0. The summed E-state index contributed by atoms with van der Waals surface area (Å²) >= 11 is 0. The number of esters is 1. The number of nitrogens with zero attached hydrogens (tertiary/aromatic N) is 1. The lowest BCUT2D eigenvalue weighted by atomic mass is 9.91. The topological polar surface area (TPSA) is 56.3 Å². The summed E-state index contributed by atoms with van der Waals surface area (Å²) in [6.07, 6.45) is 2.02. The highest BCUT2D eigenvalue weighted by Crippen LogP contribution is 2.24. The lowest BCUT2D eigenvalue weighted by molar-refractivity contribution is 0.0524. The second-order valence-corrected chi connectivity index (χ2v) is 4.14. The molecule has 0 aromatic carbocycles. The van der Waals surface area contributed by atoms with Crippen LogP contribution < -0.4 is 0 Å². The Hall–Kier alpha value is -1.71. The van der Waals surface area contributed by atoms with E-state index >= 15 is 0 Å². The maximum Gasteiger partial charge on any atom is 0.338 e. The standard InChI is InChI=1S/C13H15NO3/c1-3-17-13(16)10-7-8(2)14-12-9(10)5-4-6-11(12)15/h7H,3-6H2,1-2H3. The number of carbonyl (C=O) groups is 2. The summed E-state index contributed by atoms with van der Waals surface area (Å²) in [5, 5.41) is 0.